The maximum atomic E-state index is 13.0. The first-order valence-electron chi connectivity index (χ1n) is 13.4. The molecule has 0 aromatic rings. The van der Waals surface area contributed by atoms with Gasteiger partial charge in [0.2, 0.25) is 11.8 Å². The van der Waals surface area contributed by atoms with Crippen molar-refractivity contribution in [3.8, 4) is 0 Å². The number of nitrogens with two attached hydrogens (primary N) is 1. The molecule has 0 bridgehead atoms. The number of aliphatic carboxylic acids is 1. The number of hydrogen-bond acceptors (Lipinski definition) is 15. The number of rotatable bonds is 15. The second-order valence-electron chi connectivity index (χ2n) is 10.6. The van der Waals surface area contributed by atoms with Crippen LogP contribution in [0.25, 0.3) is 0 Å². The zero-order chi connectivity index (χ0) is 33.8. The van der Waals surface area contributed by atoms with Crippen LogP contribution in [-0.4, -0.2) is 120 Å². The molecule has 4 unspecified atom stereocenters. The Labute approximate surface area is 258 Å². The average Bonchev–Trinajstić information content (AvgIpc) is 2.88. The number of hydrogen-bond donors (Lipinski definition) is 4. The summed E-state index contributed by atoms with van der Waals surface area (Å²) in [7, 11) is 0. The van der Waals surface area contributed by atoms with Crippen molar-refractivity contribution < 1.29 is 67.1 Å². The molecule has 7 atom stereocenters. The summed E-state index contributed by atoms with van der Waals surface area (Å²) < 4.78 is 32.7. The second kappa shape index (κ2) is 17.7. The molecule has 1 aliphatic heterocycles. The smallest absolute Gasteiger partial charge is 0.322 e. The molecule has 0 radical (unpaired) electrons. The zero-order valence-electron chi connectivity index (χ0n) is 25.6. The molecule has 1 rings (SSSR count). The number of nitrogens with one attached hydrogen (secondary N) is 2. The molecule has 1 aliphatic rings. The van der Waals surface area contributed by atoms with Gasteiger partial charge in [0.25, 0.3) is 0 Å². The van der Waals surface area contributed by atoms with Crippen molar-refractivity contribution in [1.29, 1.82) is 0 Å². The third kappa shape index (κ3) is 14.3. The zero-order valence-corrected chi connectivity index (χ0v) is 26.4. The summed E-state index contributed by atoms with van der Waals surface area (Å²) in [6, 6.07) is -2.58. The van der Waals surface area contributed by atoms with E-state index in [0.29, 0.717) is 0 Å². The van der Waals surface area contributed by atoms with E-state index >= 15 is 0 Å². The Bertz CT molecular complexity index is 1070. The van der Waals surface area contributed by atoms with Crippen molar-refractivity contribution >= 4 is 53.4 Å². The third-order valence-corrected chi connectivity index (χ3v) is 6.71. The van der Waals surface area contributed by atoms with Crippen LogP contribution in [0.15, 0.2) is 0 Å². The predicted octanol–water partition coefficient (Wildman–Crippen LogP) is -1.37. The lowest BCUT2D eigenvalue weighted by Gasteiger charge is -2.44. The maximum Gasteiger partial charge on any atom is 0.322 e. The van der Waals surface area contributed by atoms with Crippen LogP contribution in [-0.2, 0) is 62.0 Å². The molecule has 0 aromatic carbocycles. The molecule has 1 heterocycles. The van der Waals surface area contributed by atoms with Crippen LogP contribution in [0.1, 0.15) is 48.5 Å². The Morgan fingerprint density at radius 3 is 1.91 bits per heavy atom. The Hall–Kier alpha value is -3.48. The Balaban J connectivity index is 3.19. The van der Waals surface area contributed by atoms with E-state index in [1.807, 2.05) is 0 Å². The van der Waals surface area contributed by atoms with E-state index in [1.54, 1.807) is 20.8 Å². The molecule has 1 fully saturated rings. The fourth-order valence-electron chi connectivity index (χ4n) is 3.68. The van der Waals surface area contributed by atoms with Gasteiger partial charge in [0.15, 0.2) is 18.3 Å². The molecule has 1 saturated heterocycles. The summed E-state index contributed by atoms with van der Waals surface area (Å²) in [5.41, 5.74) is 4.22. The number of thioether (sulfide) groups is 1. The lowest BCUT2D eigenvalue weighted by Crippen LogP contribution is -2.62. The van der Waals surface area contributed by atoms with E-state index < -0.39 is 102 Å². The van der Waals surface area contributed by atoms with E-state index in [1.165, 1.54) is 0 Å². The largest absolute Gasteiger partial charge is 0.480 e. The molecule has 0 aliphatic carbocycles. The summed E-state index contributed by atoms with van der Waals surface area (Å²) in [6.45, 7) is 8.15. The molecule has 0 aromatic heterocycles. The minimum absolute atomic E-state index is 0.205. The van der Waals surface area contributed by atoms with Crippen LogP contribution >= 0.6 is 11.8 Å². The number of carboxylic acids is 1. The standard InChI is InChI=1S/C26H41N3O14S/c1-12(30)38-10-18-20(40-13(2)31)21(41-14(3)32)22(42-15(4)33)25(43-18)44-11-16(27)23(36)29-17(9-39-26(5,6)7)24(37)28-8-19(34)35/h16-18,20-22,25H,8-11,27H2,1-7H3,(H,28,37)(H,29,36)(H,34,35)/t16?,17-,18?,20+,21?,22?,25-/m0/s1. The Kier molecular flexibility index (Phi) is 15.5. The fraction of sp³-hybridized carbons (Fsp3) is 0.731. The number of esters is 4. The van der Waals surface area contributed by atoms with Crippen LogP contribution in [0.4, 0.5) is 0 Å². The summed E-state index contributed by atoms with van der Waals surface area (Å²) >= 11 is 0.874. The van der Waals surface area contributed by atoms with Gasteiger partial charge in [-0.15, -0.1) is 11.8 Å². The molecule has 44 heavy (non-hydrogen) atoms. The van der Waals surface area contributed by atoms with Crippen molar-refractivity contribution in [2.45, 2.75) is 96.0 Å². The van der Waals surface area contributed by atoms with Crippen LogP contribution in [0.5, 0.6) is 0 Å². The number of ether oxygens (including phenoxy) is 6. The predicted molar refractivity (Wildman–Crippen MR) is 151 cm³/mol. The summed E-state index contributed by atoms with van der Waals surface area (Å²) in [5.74, 6) is -6.18. The second-order valence-corrected chi connectivity index (χ2v) is 11.7. The summed E-state index contributed by atoms with van der Waals surface area (Å²) in [6.07, 6.45) is -5.28. The first-order chi connectivity index (χ1) is 20.3. The number of carboxylic acid groups (broad SMARTS) is 1. The van der Waals surface area contributed by atoms with E-state index in [0.717, 1.165) is 39.5 Å². The van der Waals surface area contributed by atoms with Crippen molar-refractivity contribution in [3.63, 3.8) is 0 Å². The van der Waals surface area contributed by atoms with Gasteiger partial charge in [-0.05, 0) is 20.8 Å². The van der Waals surface area contributed by atoms with Gasteiger partial charge in [-0.1, -0.05) is 0 Å². The molecule has 5 N–H and O–H groups in total. The monoisotopic (exact) mass is 651 g/mol. The topological polar surface area (TPSA) is 245 Å². The maximum absolute atomic E-state index is 13.0. The van der Waals surface area contributed by atoms with Crippen molar-refractivity contribution in [2.24, 2.45) is 5.73 Å². The van der Waals surface area contributed by atoms with Crippen LogP contribution < -0.4 is 16.4 Å². The van der Waals surface area contributed by atoms with Gasteiger partial charge in [0.05, 0.1) is 18.2 Å². The minimum atomic E-state index is -1.39. The summed E-state index contributed by atoms with van der Waals surface area (Å²) in [4.78, 5) is 83.7. The molecule has 250 valence electrons. The molecule has 2 amide bonds. The van der Waals surface area contributed by atoms with E-state index in [2.05, 4.69) is 10.6 Å². The van der Waals surface area contributed by atoms with Crippen LogP contribution in [0.3, 0.4) is 0 Å². The van der Waals surface area contributed by atoms with Gasteiger partial charge in [0.1, 0.15) is 30.7 Å². The van der Waals surface area contributed by atoms with Gasteiger partial charge in [0, 0.05) is 33.4 Å². The van der Waals surface area contributed by atoms with Gasteiger partial charge in [-0.2, -0.15) is 0 Å². The van der Waals surface area contributed by atoms with Gasteiger partial charge < -0.3 is 49.9 Å². The van der Waals surface area contributed by atoms with E-state index in [9.17, 15) is 33.6 Å². The highest BCUT2D eigenvalue weighted by molar-refractivity contribution is 7.99. The summed E-state index contributed by atoms with van der Waals surface area (Å²) in [5, 5.41) is 13.5. The lowest BCUT2D eigenvalue weighted by atomic mass is 9.99. The minimum Gasteiger partial charge on any atom is -0.480 e. The molecule has 17 nitrogen and oxygen atoms in total. The van der Waals surface area contributed by atoms with E-state index in [-0.39, 0.29) is 12.4 Å². The van der Waals surface area contributed by atoms with Crippen LogP contribution in [0, 0.1) is 0 Å². The number of carbonyl (C=O) groups is 7. The highest BCUT2D eigenvalue weighted by atomic mass is 32.2. The van der Waals surface area contributed by atoms with Crippen molar-refractivity contribution in [3.05, 3.63) is 0 Å². The first-order valence-corrected chi connectivity index (χ1v) is 14.5. The molecule has 18 heteroatoms. The SMILES string of the molecule is CC(=O)OCC1O[C@@H](SCC(N)C(=O)N[C@@H](COC(C)(C)C)C(=O)NCC(=O)O)C(OC(C)=O)C(OC(C)=O)[C@@H]1OC(C)=O. The van der Waals surface area contributed by atoms with Gasteiger partial charge >= 0.3 is 29.8 Å². The van der Waals surface area contributed by atoms with Crippen molar-refractivity contribution in [1.82, 2.24) is 10.6 Å². The normalized spacial score (nSPS) is 22.9. The quantitative estimate of drug-likeness (QED) is 0.118. The third-order valence-electron chi connectivity index (χ3n) is 5.45. The number of carbonyl (C=O) groups excluding carboxylic acids is 6. The highest BCUT2D eigenvalue weighted by Gasteiger charge is 2.52. The number of amides is 2. The highest BCUT2D eigenvalue weighted by Crippen LogP contribution is 2.34. The first kappa shape index (κ1) is 38.5. The lowest BCUT2D eigenvalue weighted by molar-refractivity contribution is -0.237. The van der Waals surface area contributed by atoms with Gasteiger partial charge in [-0.3, -0.25) is 33.6 Å². The van der Waals surface area contributed by atoms with Crippen molar-refractivity contribution in [2.75, 3.05) is 25.5 Å². The molecule has 0 spiro atoms. The fourth-order valence-corrected chi connectivity index (χ4v) is 4.85. The van der Waals surface area contributed by atoms with Gasteiger partial charge in [-0.25, -0.2) is 0 Å². The molecular formula is C26H41N3O14S. The molecule has 0 saturated carbocycles. The Morgan fingerprint density at radius 2 is 1.41 bits per heavy atom. The van der Waals surface area contributed by atoms with Crippen LogP contribution in [0.2, 0.25) is 0 Å². The molecular weight excluding hydrogens is 610 g/mol. The average molecular weight is 652 g/mol. The van der Waals surface area contributed by atoms with E-state index in [4.69, 9.17) is 39.3 Å². The Morgan fingerprint density at radius 1 is 0.864 bits per heavy atom.